The van der Waals surface area contributed by atoms with Gasteiger partial charge in [-0.05, 0) is 13.8 Å². The highest BCUT2D eigenvalue weighted by Gasteiger charge is 2.16. The number of aromatic nitrogens is 3. The summed E-state index contributed by atoms with van der Waals surface area (Å²) in [6.45, 7) is 4.50. The largest absolute Gasteiger partial charge is 0.496 e. The molecule has 2 N–H and O–H groups in total. The highest BCUT2D eigenvalue weighted by molar-refractivity contribution is 5.42. The van der Waals surface area contributed by atoms with Crippen LogP contribution in [0, 0.1) is 0 Å². The smallest absolute Gasteiger partial charge is 0.322 e. The molecule has 0 aliphatic heterocycles. The van der Waals surface area contributed by atoms with Crippen molar-refractivity contribution >= 4 is 0 Å². The van der Waals surface area contributed by atoms with E-state index in [1.54, 1.807) is 32.4 Å². The Morgan fingerprint density at radius 3 is 2.14 bits per heavy atom. The minimum Gasteiger partial charge on any atom is -0.496 e. The lowest BCUT2D eigenvalue weighted by molar-refractivity contribution is 0.376. The maximum atomic E-state index is 5.87. The third kappa shape index (κ3) is 3.25. The predicted molar refractivity (Wildman–Crippen MR) is 77.9 cm³/mol. The standard InChI is InChI=1S/C14H20N4O3/c1-5-18-13(9(2)15)16-17-14(18)21-12-7-10(19-3)6-11(8-12)20-4/h6-9H,5,15H2,1-4H3/t9-/m1/s1. The van der Waals surface area contributed by atoms with E-state index in [1.165, 1.54) is 0 Å². The van der Waals surface area contributed by atoms with Gasteiger partial charge < -0.3 is 19.9 Å². The van der Waals surface area contributed by atoms with Crippen molar-refractivity contribution in [3.8, 4) is 23.3 Å². The Bertz CT molecular complexity index is 588. The molecule has 0 bridgehead atoms. The van der Waals surface area contributed by atoms with Gasteiger partial charge in [0, 0.05) is 24.7 Å². The Labute approximate surface area is 123 Å². The summed E-state index contributed by atoms with van der Waals surface area (Å²) in [5.74, 6) is 2.52. The summed E-state index contributed by atoms with van der Waals surface area (Å²) in [5.41, 5.74) is 5.87. The molecule has 1 heterocycles. The quantitative estimate of drug-likeness (QED) is 0.878. The third-order valence-electron chi connectivity index (χ3n) is 3.00. The summed E-state index contributed by atoms with van der Waals surface area (Å²) in [6, 6.07) is 5.45. The molecule has 0 saturated carbocycles. The molecule has 1 aromatic heterocycles. The molecule has 0 amide bonds. The zero-order valence-electron chi connectivity index (χ0n) is 12.7. The van der Waals surface area contributed by atoms with E-state index in [-0.39, 0.29) is 6.04 Å². The summed E-state index contributed by atoms with van der Waals surface area (Å²) >= 11 is 0. The monoisotopic (exact) mass is 292 g/mol. The second-order valence-corrected chi connectivity index (χ2v) is 4.52. The second-order valence-electron chi connectivity index (χ2n) is 4.52. The lowest BCUT2D eigenvalue weighted by Gasteiger charge is -2.11. The molecule has 7 heteroatoms. The normalized spacial score (nSPS) is 12.0. The first-order valence-electron chi connectivity index (χ1n) is 6.68. The van der Waals surface area contributed by atoms with Crippen LogP contribution in [0.1, 0.15) is 25.7 Å². The van der Waals surface area contributed by atoms with E-state index in [4.69, 9.17) is 19.9 Å². The first kappa shape index (κ1) is 15.1. The van der Waals surface area contributed by atoms with Crippen LogP contribution in [0.3, 0.4) is 0 Å². The van der Waals surface area contributed by atoms with Gasteiger partial charge in [0.2, 0.25) is 0 Å². The summed E-state index contributed by atoms with van der Waals surface area (Å²) in [7, 11) is 3.17. The molecule has 2 aromatic rings. The van der Waals surface area contributed by atoms with Crippen molar-refractivity contribution in [3.63, 3.8) is 0 Å². The molecule has 114 valence electrons. The van der Waals surface area contributed by atoms with Gasteiger partial charge in [0.25, 0.3) is 0 Å². The number of ether oxygens (including phenoxy) is 3. The van der Waals surface area contributed by atoms with Crippen LogP contribution < -0.4 is 19.9 Å². The molecule has 0 aliphatic carbocycles. The number of rotatable bonds is 6. The van der Waals surface area contributed by atoms with E-state index >= 15 is 0 Å². The number of hydrogen-bond donors (Lipinski definition) is 1. The fourth-order valence-electron chi connectivity index (χ4n) is 1.96. The van der Waals surface area contributed by atoms with Crippen molar-refractivity contribution in [2.24, 2.45) is 5.73 Å². The summed E-state index contributed by atoms with van der Waals surface area (Å²) in [6.07, 6.45) is 0. The van der Waals surface area contributed by atoms with Crippen LogP contribution in [-0.4, -0.2) is 29.0 Å². The number of benzene rings is 1. The molecule has 1 aromatic carbocycles. The molecule has 0 unspecified atom stereocenters. The van der Waals surface area contributed by atoms with Gasteiger partial charge >= 0.3 is 6.01 Å². The van der Waals surface area contributed by atoms with E-state index in [2.05, 4.69) is 10.2 Å². The SMILES string of the molecule is CCn1c(Oc2cc(OC)cc(OC)c2)nnc1[C@@H](C)N. The van der Waals surface area contributed by atoms with Gasteiger partial charge in [-0.25, -0.2) is 0 Å². The zero-order chi connectivity index (χ0) is 15.4. The first-order chi connectivity index (χ1) is 10.1. The van der Waals surface area contributed by atoms with Crippen LogP contribution in [0.5, 0.6) is 23.3 Å². The molecule has 0 aliphatic rings. The summed E-state index contributed by atoms with van der Waals surface area (Å²) < 4.78 is 18.0. The van der Waals surface area contributed by atoms with E-state index < -0.39 is 0 Å². The molecule has 0 saturated heterocycles. The Morgan fingerprint density at radius 2 is 1.67 bits per heavy atom. The van der Waals surface area contributed by atoms with E-state index in [0.29, 0.717) is 35.6 Å². The number of nitrogens with zero attached hydrogens (tertiary/aromatic N) is 3. The molecular formula is C14H20N4O3. The van der Waals surface area contributed by atoms with Gasteiger partial charge in [-0.1, -0.05) is 5.10 Å². The average molecular weight is 292 g/mol. The average Bonchev–Trinajstić information content (AvgIpc) is 2.89. The molecular weight excluding hydrogens is 272 g/mol. The third-order valence-corrected chi connectivity index (χ3v) is 3.00. The molecule has 2 rings (SSSR count). The number of nitrogens with two attached hydrogens (primary N) is 1. The van der Waals surface area contributed by atoms with Crippen molar-refractivity contribution < 1.29 is 14.2 Å². The molecule has 0 spiro atoms. The number of hydrogen-bond acceptors (Lipinski definition) is 6. The zero-order valence-corrected chi connectivity index (χ0v) is 12.7. The fraction of sp³-hybridized carbons (Fsp3) is 0.429. The lowest BCUT2D eigenvalue weighted by Crippen LogP contribution is -2.13. The summed E-state index contributed by atoms with van der Waals surface area (Å²) in [4.78, 5) is 0. The highest BCUT2D eigenvalue weighted by atomic mass is 16.5. The Morgan fingerprint density at radius 1 is 1.10 bits per heavy atom. The van der Waals surface area contributed by atoms with Gasteiger partial charge in [0.15, 0.2) is 5.82 Å². The van der Waals surface area contributed by atoms with Crippen molar-refractivity contribution in [3.05, 3.63) is 24.0 Å². The van der Waals surface area contributed by atoms with Gasteiger partial charge in [-0.15, -0.1) is 5.10 Å². The van der Waals surface area contributed by atoms with E-state index in [1.807, 2.05) is 18.4 Å². The molecule has 0 radical (unpaired) electrons. The molecule has 21 heavy (non-hydrogen) atoms. The summed E-state index contributed by atoms with van der Waals surface area (Å²) in [5, 5.41) is 8.11. The van der Waals surface area contributed by atoms with Crippen LogP contribution >= 0.6 is 0 Å². The van der Waals surface area contributed by atoms with Gasteiger partial charge in [-0.3, -0.25) is 4.57 Å². The minimum absolute atomic E-state index is 0.213. The van der Waals surface area contributed by atoms with Crippen LogP contribution in [-0.2, 0) is 6.54 Å². The maximum absolute atomic E-state index is 5.87. The Hall–Kier alpha value is -2.28. The highest BCUT2D eigenvalue weighted by Crippen LogP contribution is 2.30. The Balaban J connectivity index is 2.33. The topological polar surface area (TPSA) is 84.4 Å². The van der Waals surface area contributed by atoms with Gasteiger partial charge in [0.1, 0.15) is 17.2 Å². The minimum atomic E-state index is -0.213. The number of methoxy groups -OCH3 is 2. The molecule has 1 atom stereocenters. The molecule has 7 nitrogen and oxygen atoms in total. The second kappa shape index (κ2) is 6.45. The van der Waals surface area contributed by atoms with E-state index in [0.717, 1.165) is 0 Å². The fourth-order valence-corrected chi connectivity index (χ4v) is 1.96. The van der Waals surface area contributed by atoms with E-state index in [9.17, 15) is 0 Å². The van der Waals surface area contributed by atoms with Gasteiger partial charge in [-0.2, -0.15) is 0 Å². The van der Waals surface area contributed by atoms with Crippen LogP contribution in [0.15, 0.2) is 18.2 Å². The Kier molecular flexibility index (Phi) is 4.64. The lowest BCUT2D eigenvalue weighted by atomic mass is 10.3. The van der Waals surface area contributed by atoms with Crippen molar-refractivity contribution in [2.45, 2.75) is 26.4 Å². The predicted octanol–water partition coefficient (Wildman–Crippen LogP) is 2.13. The van der Waals surface area contributed by atoms with Crippen LogP contribution in [0.2, 0.25) is 0 Å². The van der Waals surface area contributed by atoms with Crippen molar-refractivity contribution in [1.29, 1.82) is 0 Å². The van der Waals surface area contributed by atoms with Crippen LogP contribution in [0.25, 0.3) is 0 Å². The van der Waals surface area contributed by atoms with Crippen molar-refractivity contribution in [2.75, 3.05) is 14.2 Å². The van der Waals surface area contributed by atoms with Gasteiger partial charge in [0.05, 0.1) is 20.3 Å². The molecule has 0 fully saturated rings. The first-order valence-corrected chi connectivity index (χ1v) is 6.68. The van der Waals surface area contributed by atoms with Crippen molar-refractivity contribution in [1.82, 2.24) is 14.8 Å². The maximum Gasteiger partial charge on any atom is 0.322 e. The van der Waals surface area contributed by atoms with Crippen LogP contribution in [0.4, 0.5) is 0 Å².